The van der Waals surface area contributed by atoms with Crippen LogP contribution >= 0.6 is 0 Å². The molecule has 0 amide bonds. The van der Waals surface area contributed by atoms with Crippen molar-refractivity contribution in [3.8, 4) is 5.75 Å². The molecule has 0 aliphatic rings. The zero-order valence-electron chi connectivity index (χ0n) is 9.49. The molecule has 1 aromatic rings. The number of hydrogen-bond acceptors (Lipinski definition) is 2. The first-order valence-corrected chi connectivity index (χ1v) is 5.38. The van der Waals surface area contributed by atoms with Gasteiger partial charge in [-0.1, -0.05) is 31.2 Å². The quantitative estimate of drug-likeness (QED) is 0.721. The van der Waals surface area contributed by atoms with Crippen LogP contribution in [0.4, 0.5) is 0 Å². The molecule has 0 spiro atoms. The Labute approximate surface area is 92.0 Å². The Balaban J connectivity index is 2.41. The van der Waals surface area contributed by atoms with Crippen LogP contribution in [0.2, 0.25) is 0 Å². The second kappa shape index (κ2) is 7.07. The van der Waals surface area contributed by atoms with Gasteiger partial charge in [-0.15, -0.1) is 0 Å². The van der Waals surface area contributed by atoms with Crippen molar-refractivity contribution in [2.24, 2.45) is 0 Å². The number of nitrogens with one attached hydrogen (secondary N) is 1. The van der Waals surface area contributed by atoms with Gasteiger partial charge in [0.1, 0.15) is 5.75 Å². The van der Waals surface area contributed by atoms with E-state index >= 15 is 0 Å². The van der Waals surface area contributed by atoms with Crippen molar-refractivity contribution >= 4 is 6.08 Å². The minimum absolute atomic E-state index is 0.906. The maximum absolute atomic E-state index is 5.15. The number of methoxy groups -OCH3 is 1. The Bertz CT molecular complexity index is 307. The molecule has 0 aliphatic carbocycles. The maximum Gasteiger partial charge on any atom is 0.119 e. The van der Waals surface area contributed by atoms with E-state index in [1.165, 1.54) is 5.56 Å². The summed E-state index contributed by atoms with van der Waals surface area (Å²) in [4.78, 5) is 0. The van der Waals surface area contributed by atoms with Gasteiger partial charge in [0, 0.05) is 0 Å². The van der Waals surface area contributed by atoms with Gasteiger partial charge in [0.25, 0.3) is 0 Å². The molecule has 0 aliphatic heterocycles. The zero-order valence-corrected chi connectivity index (χ0v) is 9.49. The van der Waals surface area contributed by atoms with Gasteiger partial charge in [0.05, 0.1) is 7.11 Å². The van der Waals surface area contributed by atoms with E-state index in [9.17, 15) is 0 Å². The van der Waals surface area contributed by atoms with E-state index in [4.69, 9.17) is 4.74 Å². The van der Waals surface area contributed by atoms with Crippen molar-refractivity contribution in [3.63, 3.8) is 0 Å². The summed E-state index contributed by atoms with van der Waals surface area (Å²) in [6, 6.07) is 8.06. The fourth-order valence-electron chi connectivity index (χ4n) is 1.33. The van der Waals surface area contributed by atoms with E-state index in [0.717, 1.165) is 25.3 Å². The fourth-order valence-corrected chi connectivity index (χ4v) is 1.33. The van der Waals surface area contributed by atoms with Gasteiger partial charge in [-0.3, -0.25) is 0 Å². The normalized spacial score (nSPS) is 10.8. The van der Waals surface area contributed by atoms with Crippen LogP contribution < -0.4 is 10.1 Å². The molecule has 0 bridgehead atoms. The van der Waals surface area contributed by atoms with Crippen molar-refractivity contribution < 1.29 is 4.74 Å². The second-order valence-electron chi connectivity index (χ2n) is 3.32. The summed E-state index contributed by atoms with van der Waals surface area (Å²) in [7, 11) is 1.69. The molecule has 0 unspecified atom stereocenters. The average molecular weight is 205 g/mol. The van der Waals surface area contributed by atoms with E-state index in [0.29, 0.717) is 0 Å². The third-order valence-electron chi connectivity index (χ3n) is 2.14. The van der Waals surface area contributed by atoms with Gasteiger partial charge in [0.2, 0.25) is 0 Å². The van der Waals surface area contributed by atoms with Crippen LogP contribution in [0, 0.1) is 0 Å². The summed E-state index contributed by atoms with van der Waals surface area (Å²) in [6.07, 6.45) is 5.36. The number of benzene rings is 1. The second-order valence-corrected chi connectivity index (χ2v) is 3.32. The first-order valence-electron chi connectivity index (χ1n) is 5.38. The summed E-state index contributed by atoms with van der Waals surface area (Å²) < 4.78 is 5.15. The first kappa shape index (κ1) is 11.8. The lowest BCUT2D eigenvalue weighted by Crippen LogP contribution is -2.12. The number of hydrogen-bond donors (Lipinski definition) is 1. The molecule has 0 atom stereocenters. The molecule has 0 aromatic heterocycles. The van der Waals surface area contributed by atoms with Crippen LogP contribution in [0.1, 0.15) is 18.9 Å². The molecule has 1 aromatic carbocycles. The van der Waals surface area contributed by atoms with Gasteiger partial charge >= 0.3 is 0 Å². The Kier molecular flexibility index (Phi) is 5.56. The van der Waals surface area contributed by atoms with E-state index in [1.54, 1.807) is 7.11 Å². The molecular weight excluding hydrogens is 186 g/mol. The molecule has 0 fully saturated rings. The summed E-state index contributed by atoms with van der Waals surface area (Å²) in [5.74, 6) is 0.906. The average Bonchev–Trinajstić information content (AvgIpc) is 2.29. The number of ether oxygens (including phenoxy) is 1. The van der Waals surface area contributed by atoms with Crippen LogP contribution in [0.15, 0.2) is 30.3 Å². The molecule has 82 valence electrons. The Morgan fingerprint density at radius 3 is 3.00 bits per heavy atom. The molecular formula is C13H19NO. The first-order chi connectivity index (χ1) is 7.36. The van der Waals surface area contributed by atoms with Gasteiger partial charge < -0.3 is 10.1 Å². The SMILES string of the molecule is CCNCCC=Cc1cccc(OC)c1. The van der Waals surface area contributed by atoms with Crippen LogP contribution in [0.3, 0.4) is 0 Å². The van der Waals surface area contributed by atoms with E-state index in [1.807, 2.05) is 18.2 Å². The lowest BCUT2D eigenvalue weighted by Gasteiger charge is -2.00. The lowest BCUT2D eigenvalue weighted by atomic mass is 10.2. The molecule has 0 saturated carbocycles. The molecule has 1 rings (SSSR count). The highest BCUT2D eigenvalue weighted by molar-refractivity contribution is 5.51. The topological polar surface area (TPSA) is 21.3 Å². The highest BCUT2D eigenvalue weighted by atomic mass is 16.5. The highest BCUT2D eigenvalue weighted by Gasteiger charge is 1.90. The van der Waals surface area contributed by atoms with Gasteiger partial charge in [0.15, 0.2) is 0 Å². The van der Waals surface area contributed by atoms with Gasteiger partial charge in [-0.2, -0.15) is 0 Å². The minimum atomic E-state index is 0.906. The van der Waals surface area contributed by atoms with Crippen molar-refractivity contribution in [3.05, 3.63) is 35.9 Å². The predicted molar refractivity (Wildman–Crippen MR) is 65.2 cm³/mol. The van der Waals surface area contributed by atoms with Crippen molar-refractivity contribution in [1.82, 2.24) is 5.32 Å². The van der Waals surface area contributed by atoms with Crippen molar-refractivity contribution in [2.75, 3.05) is 20.2 Å². The Hall–Kier alpha value is -1.28. The van der Waals surface area contributed by atoms with Crippen LogP contribution in [-0.4, -0.2) is 20.2 Å². The van der Waals surface area contributed by atoms with E-state index in [-0.39, 0.29) is 0 Å². The third kappa shape index (κ3) is 4.66. The van der Waals surface area contributed by atoms with E-state index in [2.05, 4.69) is 30.5 Å². The number of rotatable bonds is 6. The smallest absolute Gasteiger partial charge is 0.119 e. The standard InChI is InChI=1S/C13H19NO/c1-3-14-10-5-4-7-12-8-6-9-13(11-12)15-2/h4,6-9,11,14H,3,5,10H2,1-2H3. The van der Waals surface area contributed by atoms with Crippen LogP contribution in [0.5, 0.6) is 5.75 Å². The van der Waals surface area contributed by atoms with Crippen molar-refractivity contribution in [1.29, 1.82) is 0 Å². The summed E-state index contributed by atoms with van der Waals surface area (Å²) >= 11 is 0. The Morgan fingerprint density at radius 1 is 1.40 bits per heavy atom. The molecule has 2 nitrogen and oxygen atoms in total. The minimum Gasteiger partial charge on any atom is -0.497 e. The molecule has 0 saturated heterocycles. The fraction of sp³-hybridized carbons (Fsp3) is 0.385. The molecule has 15 heavy (non-hydrogen) atoms. The highest BCUT2D eigenvalue weighted by Crippen LogP contribution is 2.13. The Morgan fingerprint density at radius 2 is 2.27 bits per heavy atom. The van der Waals surface area contributed by atoms with Crippen molar-refractivity contribution in [2.45, 2.75) is 13.3 Å². The molecule has 0 radical (unpaired) electrons. The summed E-state index contributed by atoms with van der Waals surface area (Å²) in [6.45, 7) is 4.19. The van der Waals surface area contributed by atoms with Gasteiger partial charge in [-0.25, -0.2) is 0 Å². The van der Waals surface area contributed by atoms with E-state index < -0.39 is 0 Å². The zero-order chi connectivity index (χ0) is 10.9. The van der Waals surface area contributed by atoms with Gasteiger partial charge in [-0.05, 0) is 37.2 Å². The third-order valence-corrected chi connectivity index (χ3v) is 2.14. The monoisotopic (exact) mass is 205 g/mol. The van der Waals surface area contributed by atoms with Crippen LogP contribution in [0.25, 0.3) is 6.08 Å². The summed E-state index contributed by atoms with van der Waals surface area (Å²) in [5, 5.41) is 3.28. The lowest BCUT2D eigenvalue weighted by molar-refractivity contribution is 0.414. The van der Waals surface area contributed by atoms with Crippen LogP contribution in [-0.2, 0) is 0 Å². The molecule has 1 N–H and O–H groups in total. The molecule has 0 heterocycles. The molecule has 2 heteroatoms. The maximum atomic E-state index is 5.15. The largest absolute Gasteiger partial charge is 0.497 e. The summed E-state index contributed by atoms with van der Waals surface area (Å²) in [5.41, 5.74) is 1.19. The predicted octanol–water partition coefficient (Wildman–Crippen LogP) is 2.71.